The first-order valence-electron chi connectivity index (χ1n) is 7.31. The number of likely N-dealkylation sites (tertiary alicyclic amines) is 1. The Morgan fingerprint density at radius 1 is 1.45 bits per heavy atom. The predicted molar refractivity (Wildman–Crippen MR) is 79.7 cm³/mol. The number of hydrogen-bond acceptors (Lipinski definition) is 4. The van der Waals surface area contributed by atoms with E-state index in [0.29, 0.717) is 12.3 Å². The molecule has 1 aromatic rings. The lowest BCUT2D eigenvalue weighted by atomic mass is 9.81. The Hall–Kier alpha value is -2.05. The fourth-order valence-electron chi connectivity index (χ4n) is 2.81. The molecule has 1 amide bonds. The Morgan fingerprint density at radius 2 is 2.09 bits per heavy atom. The molecule has 0 saturated carbocycles. The van der Waals surface area contributed by atoms with Crippen molar-refractivity contribution in [1.29, 1.82) is 0 Å². The van der Waals surface area contributed by atoms with Crippen LogP contribution < -0.4 is 4.74 Å². The number of aryl methyl sites for hydroxylation is 2. The average molecular weight is 309 g/mol. The van der Waals surface area contributed by atoms with Gasteiger partial charge in [0.15, 0.2) is 12.4 Å². The fraction of sp³-hybridized carbons (Fsp3) is 0.667. The van der Waals surface area contributed by atoms with Gasteiger partial charge in [-0.1, -0.05) is 6.92 Å². The summed E-state index contributed by atoms with van der Waals surface area (Å²) >= 11 is 0. The Morgan fingerprint density at radius 3 is 2.55 bits per heavy atom. The molecular formula is C15H23N3O4. The zero-order valence-corrected chi connectivity index (χ0v) is 13.7. The number of carboxylic acid groups (broad SMARTS) is 1. The number of ether oxygens (including phenoxy) is 1. The van der Waals surface area contributed by atoms with Crippen molar-refractivity contribution in [2.45, 2.75) is 27.7 Å². The minimum absolute atomic E-state index is 0.0872. The van der Waals surface area contributed by atoms with E-state index in [0.717, 1.165) is 11.4 Å². The van der Waals surface area contributed by atoms with E-state index in [1.807, 2.05) is 27.8 Å². The van der Waals surface area contributed by atoms with Gasteiger partial charge in [-0.25, -0.2) is 0 Å². The second kappa shape index (κ2) is 5.62. The minimum Gasteiger partial charge on any atom is -0.481 e. The summed E-state index contributed by atoms with van der Waals surface area (Å²) < 4.78 is 7.31. The van der Waals surface area contributed by atoms with Gasteiger partial charge in [-0.15, -0.1) is 0 Å². The van der Waals surface area contributed by atoms with Crippen molar-refractivity contribution in [3.05, 3.63) is 11.4 Å². The van der Waals surface area contributed by atoms with Crippen LogP contribution in [0, 0.1) is 25.2 Å². The molecule has 0 radical (unpaired) electrons. The van der Waals surface area contributed by atoms with Crippen LogP contribution in [0.15, 0.2) is 0 Å². The van der Waals surface area contributed by atoms with Crippen LogP contribution in [-0.2, 0) is 16.6 Å². The smallest absolute Gasteiger partial charge is 0.311 e. The summed E-state index contributed by atoms with van der Waals surface area (Å²) in [6.45, 7) is 7.80. The molecule has 122 valence electrons. The van der Waals surface area contributed by atoms with Crippen LogP contribution in [0.2, 0.25) is 0 Å². The van der Waals surface area contributed by atoms with Crippen LogP contribution >= 0.6 is 0 Å². The molecule has 0 aliphatic carbocycles. The van der Waals surface area contributed by atoms with Gasteiger partial charge in [0.1, 0.15) is 5.69 Å². The number of amides is 1. The minimum atomic E-state index is -0.893. The second-order valence-electron chi connectivity index (χ2n) is 6.31. The summed E-state index contributed by atoms with van der Waals surface area (Å²) in [5, 5.41) is 13.6. The van der Waals surface area contributed by atoms with E-state index in [1.165, 1.54) is 0 Å². The molecule has 2 atom stereocenters. The molecule has 7 heteroatoms. The molecule has 7 nitrogen and oxygen atoms in total. The third kappa shape index (κ3) is 2.67. The van der Waals surface area contributed by atoms with Gasteiger partial charge in [-0.3, -0.25) is 14.3 Å². The number of nitrogens with zero attached hydrogens (tertiary/aromatic N) is 3. The van der Waals surface area contributed by atoms with Crippen LogP contribution in [-0.4, -0.2) is 51.4 Å². The lowest BCUT2D eigenvalue weighted by molar-refractivity contribution is -0.149. The van der Waals surface area contributed by atoms with Crippen LogP contribution in [0.25, 0.3) is 0 Å². The SMILES string of the molecule is Cc1nn(C)c(C)c1OCC(=O)N1C[C@@H](C)[C@](C)(C(=O)O)C1. The molecule has 0 unspecified atom stereocenters. The first kappa shape index (κ1) is 16.3. The highest BCUT2D eigenvalue weighted by Gasteiger charge is 2.47. The lowest BCUT2D eigenvalue weighted by Crippen LogP contribution is -2.38. The monoisotopic (exact) mass is 309 g/mol. The Labute approximate surface area is 129 Å². The highest BCUT2D eigenvalue weighted by Crippen LogP contribution is 2.35. The van der Waals surface area contributed by atoms with Gasteiger partial charge in [0.05, 0.1) is 11.1 Å². The molecule has 1 aliphatic rings. The van der Waals surface area contributed by atoms with Gasteiger partial charge in [-0.2, -0.15) is 5.10 Å². The van der Waals surface area contributed by atoms with Gasteiger partial charge in [-0.05, 0) is 26.7 Å². The van der Waals surface area contributed by atoms with E-state index < -0.39 is 11.4 Å². The largest absolute Gasteiger partial charge is 0.481 e. The quantitative estimate of drug-likeness (QED) is 0.896. The first-order valence-corrected chi connectivity index (χ1v) is 7.31. The van der Waals surface area contributed by atoms with Crippen molar-refractivity contribution >= 4 is 11.9 Å². The zero-order valence-electron chi connectivity index (χ0n) is 13.7. The van der Waals surface area contributed by atoms with Crippen molar-refractivity contribution in [3.8, 4) is 5.75 Å². The Bertz CT molecular complexity index is 610. The molecule has 1 aromatic heterocycles. The normalized spacial score (nSPS) is 24.6. The number of aliphatic carboxylic acids is 1. The summed E-state index contributed by atoms with van der Waals surface area (Å²) in [4.78, 5) is 25.2. The van der Waals surface area contributed by atoms with Gasteiger partial charge in [0, 0.05) is 20.1 Å². The summed E-state index contributed by atoms with van der Waals surface area (Å²) in [5.41, 5.74) is 0.698. The number of aromatic nitrogens is 2. The highest BCUT2D eigenvalue weighted by molar-refractivity contribution is 5.81. The third-order valence-electron chi connectivity index (χ3n) is 4.73. The number of hydrogen-bond donors (Lipinski definition) is 1. The van der Waals surface area contributed by atoms with Gasteiger partial charge < -0.3 is 14.7 Å². The van der Waals surface area contributed by atoms with Crippen molar-refractivity contribution in [2.75, 3.05) is 19.7 Å². The zero-order chi connectivity index (χ0) is 16.7. The van der Waals surface area contributed by atoms with Crippen molar-refractivity contribution in [3.63, 3.8) is 0 Å². The molecule has 1 aliphatic heterocycles. The summed E-state index contributed by atoms with van der Waals surface area (Å²) in [6, 6.07) is 0. The van der Waals surface area contributed by atoms with Gasteiger partial charge in [0.25, 0.3) is 5.91 Å². The molecule has 1 N–H and O–H groups in total. The topological polar surface area (TPSA) is 84.7 Å². The average Bonchev–Trinajstić information content (AvgIpc) is 2.87. The van der Waals surface area contributed by atoms with Crippen molar-refractivity contribution in [1.82, 2.24) is 14.7 Å². The molecule has 22 heavy (non-hydrogen) atoms. The van der Waals surface area contributed by atoms with Crippen LogP contribution in [0.5, 0.6) is 5.75 Å². The maximum Gasteiger partial charge on any atom is 0.311 e. The molecule has 0 aromatic carbocycles. The van der Waals surface area contributed by atoms with E-state index >= 15 is 0 Å². The standard InChI is InChI=1S/C15H23N3O4/c1-9-6-18(8-15(9,4)14(20)21)12(19)7-22-13-10(2)16-17(5)11(13)3/h9H,6-8H2,1-5H3,(H,20,21)/t9-,15-/m1/s1. The Balaban J connectivity index is 2.01. The number of carbonyl (C=O) groups is 2. The third-order valence-corrected chi connectivity index (χ3v) is 4.73. The number of rotatable bonds is 4. The molecular weight excluding hydrogens is 286 g/mol. The summed E-state index contributed by atoms with van der Waals surface area (Å²) in [6.07, 6.45) is 0. The van der Waals surface area contributed by atoms with Gasteiger partial charge in [0.2, 0.25) is 0 Å². The molecule has 2 rings (SSSR count). The lowest BCUT2D eigenvalue weighted by Gasteiger charge is -2.22. The van der Waals surface area contributed by atoms with Crippen LogP contribution in [0.3, 0.4) is 0 Å². The summed E-state index contributed by atoms with van der Waals surface area (Å²) in [5.74, 6) is -0.533. The fourth-order valence-corrected chi connectivity index (χ4v) is 2.81. The maximum absolute atomic E-state index is 12.3. The number of carbonyl (C=O) groups excluding carboxylic acids is 1. The molecule has 2 heterocycles. The van der Waals surface area contributed by atoms with E-state index in [2.05, 4.69) is 5.10 Å². The van der Waals surface area contributed by atoms with E-state index in [1.54, 1.807) is 16.5 Å². The molecule has 1 fully saturated rings. The second-order valence-corrected chi connectivity index (χ2v) is 6.31. The van der Waals surface area contributed by atoms with Crippen LogP contribution in [0.4, 0.5) is 0 Å². The first-order chi connectivity index (χ1) is 10.2. The van der Waals surface area contributed by atoms with E-state index in [-0.39, 0.29) is 25.0 Å². The molecule has 0 spiro atoms. The molecule has 1 saturated heterocycles. The maximum atomic E-state index is 12.3. The van der Waals surface area contributed by atoms with Crippen molar-refractivity contribution < 1.29 is 19.4 Å². The van der Waals surface area contributed by atoms with E-state index in [9.17, 15) is 14.7 Å². The highest BCUT2D eigenvalue weighted by atomic mass is 16.5. The predicted octanol–water partition coefficient (Wildman–Crippen LogP) is 0.985. The van der Waals surface area contributed by atoms with Crippen LogP contribution in [0.1, 0.15) is 25.2 Å². The summed E-state index contributed by atoms with van der Waals surface area (Å²) in [7, 11) is 1.82. The molecule has 0 bridgehead atoms. The Kier molecular flexibility index (Phi) is 4.17. The van der Waals surface area contributed by atoms with Gasteiger partial charge >= 0.3 is 5.97 Å². The van der Waals surface area contributed by atoms with E-state index in [4.69, 9.17) is 4.74 Å². The van der Waals surface area contributed by atoms with Crippen molar-refractivity contribution in [2.24, 2.45) is 18.4 Å². The number of carboxylic acids is 1.